The van der Waals surface area contributed by atoms with Crippen LogP contribution >= 0.6 is 0 Å². The lowest BCUT2D eigenvalue weighted by molar-refractivity contribution is 0.0501. The van der Waals surface area contributed by atoms with Gasteiger partial charge in [-0.15, -0.1) is 0 Å². The molecule has 140 valence electrons. The Balaban J connectivity index is 1.63. The maximum absolute atomic E-state index is 13.3. The molecule has 1 N–H and O–H groups in total. The van der Waals surface area contributed by atoms with Gasteiger partial charge < -0.3 is 9.72 Å². The number of hydrogen-bond acceptors (Lipinski definition) is 3. The van der Waals surface area contributed by atoms with E-state index in [1.54, 1.807) is 13.4 Å². The van der Waals surface area contributed by atoms with E-state index in [2.05, 4.69) is 35.1 Å². The van der Waals surface area contributed by atoms with Gasteiger partial charge in [-0.3, -0.25) is 9.69 Å². The predicted molar refractivity (Wildman–Crippen MR) is 109 cm³/mol. The van der Waals surface area contributed by atoms with Gasteiger partial charge in [0.15, 0.2) is 0 Å². The van der Waals surface area contributed by atoms with Crippen LogP contribution in [0.3, 0.4) is 0 Å². The van der Waals surface area contributed by atoms with Crippen LogP contribution in [0.5, 0.6) is 0 Å². The number of rotatable bonds is 3. The number of amides is 1. The first-order valence-electron chi connectivity index (χ1n) is 9.40. The Morgan fingerprint density at radius 1 is 1.25 bits per heavy atom. The molecule has 0 saturated heterocycles. The number of aromatic nitrogens is 2. The molecule has 1 aromatic heterocycles. The fraction of sp³-hybridized carbons (Fsp3) is 0.217. The predicted octanol–water partition coefficient (Wildman–Crippen LogP) is 4.56. The zero-order valence-electron chi connectivity index (χ0n) is 15.8. The Morgan fingerprint density at radius 2 is 2.11 bits per heavy atom. The summed E-state index contributed by atoms with van der Waals surface area (Å²) in [6.07, 6.45) is 8.80. The summed E-state index contributed by atoms with van der Waals surface area (Å²) in [7, 11) is 1.73. The Labute approximate surface area is 163 Å². The third kappa shape index (κ3) is 2.51. The van der Waals surface area contributed by atoms with Gasteiger partial charge in [-0.05, 0) is 48.7 Å². The van der Waals surface area contributed by atoms with E-state index in [0.717, 1.165) is 39.8 Å². The molecule has 2 heterocycles. The molecule has 2 atom stereocenters. The van der Waals surface area contributed by atoms with E-state index in [9.17, 15) is 4.79 Å². The first kappa shape index (κ1) is 17.0. The molecule has 1 aliphatic carbocycles. The van der Waals surface area contributed by atoms with Gasteiger partial charge in [-0.25, -0.2) is 4.98 Å². The van der Waals surface area contributed by atoms with Gasteiger partial charge in [-0.2, -0.15) is 0 Å². The molecule has 0 bridgehead atoms. The van der Waals surface area contributed by atoms with E-state index in [0.29, 0.717) is 0 Å². The van der Waals surface area contributed by atoms with Gasteiger partial charge in [0.25, 0.3) is 5.91 Å². The van der Waals surface area contributed by atoms with E-state index in [1.165, 1.54) is 0 Å². The molecule has 5 rings (SSSR count). The van der Waals surface area contributed by atoms with Crippen LogP contribution in [-0.4, -0.2) is 28.6 Å². The van der Waals surface area contributed by atoms with E-state index in [-0.39, 0.29) is 17.6 Å². The van der Waals surface area contributed by atoms with Crippen LogP contribution in [0.15, 0.2) is 72.6 Å². The quantitative estimate of drug-likeness (QED) is 0.734. The van der Waals surface area contributed by atoms with Gasteiger partial charge in [-0.1, -0.05) is 36.4 Å². The minimum atomic E-state index is -0.301. The molecule has 1 amide bonds. The van der Waals surface area contributed by atoms with Crippen molar-refractivity contribution in [3.63, 3.8) is 0 Å². The standard InChI is InChI=1S/C23H21N3O2/c1-23(28-2)11-9-15(10-12-23)21-17-5-3-4-6-18(17)22(27)26(21)16-7-8-19-20(13-16)25-14-24-19/h3-11,13-14,21H,12H2,1-2H3,(H,24,25). The smallest absolute Gasteiger partial charge is 0.259 e. The van der Waals surface area contributed by atoms with Gasteiger partial charge in [0.2, 0.25) is 0 Å². The second kappa shape index (κ2) is 6.17. The Bertz CT molecular complexity index is 1140. The number of nitrogens with zero attached hydrogens (tertiary/aromatic N) is 2. The summed E-state index contributed by atoms with van der Waals surface area (Å²) in [6.45, 7) is 2.06. The van der Waals surface area contributed by atoms with E-state index in [1.807, 2.05) is 47.4 Å². The summed E-state index contributed by atoms with van der Waals surface area (Å²) in [4.78, 5) is 22.7. The number of carbonyl (C=O) groups is 1. The SMILES string of the molecule is COC1(C)C=CC(C2c3ccccc3C(=O)N2c2ccc3[nH]cnc3c2)=CC1. The minimum Gasteiger partial charge on any atom is -0.374 e. The lowest BCUT2D eigenvalue weighted by Gasteiger charge is -2.31. The molecule has 3 aromatic rings. The molecule has 28 heavy (non-hydrogen) atoms. The third-order valence-corrected chi connectivity index (χ3v) is 5.80. The maximum Gasteiger partial charge on any atom is 0.259 e. The summed E-state index contributed by atoms with van der Waals surface area (Å²) >= 11 is 0. The highest BCUT2D eigenvalue weighted by Crippen LogP contribution is 2.44. The van der Waals surface area contributed by atoms with Crippen molar-refractivity contribution < 1.29 is 9.53 Å². The first-order valence-corrected chi connectivity index (χ1v) is 9.40. The number of carbonyl (C=O) groups excluding carboxylic acids is 1. The number of H-pyrrole nitrogens is 1. The van der Waals surface area contributed by atoms with Crippen LogP contribution in [0.1, 0.15) is 35.3 Å². The fourth-order valence-corrected chi connectivity index (χ4v) is 4.06. The van der Waals surface area contributed by atoms with Gasteiger partial charge in [0.05, 0.1) is 29.0 Å². The lowest BCUT2D eigenvalue weighted by Crippen LogP contribution is -2.31. The number of ether oxygens (including phenoxy) is 1. The zero-order chi connectivity index (χ0) is 19.3. The number of hydrogen-bond donors (Lipinski definition) is 1. The van der Waals surface area contributed by atoms with Gasteiger partial charge in [0.1, 0.15) is 0 Å². The molecule has 0 radical (unpaired) electrons. The maximum atomic E-state index is 13.3. The normalized spacial score (nSPS) is 23.9. The van der Waals surface area contributed by atoms with Crippen molar-refractivity contribution in [1.29, 1.82) is 0 Å². The van der Waals surface area contributed by atoms with E-state index < -0.39 is 0 Å². The van der Waals surface area contributed by atoms with Crippen LogP contribution in [0.2, 0.25) is 0 Å². The molecule has 2 aromatic carbocycles. The Morgan fingerprint density at radius 3 is 2.89 bits per heavy atom. The van der Waals surface area contributed by atoms with Crippen molar-refractivity contribution in [2.24, 2.45) is 0 Å². The monoisotopic (exact) mass is 371 g/mol. The molecule has 0 fully saturated rings. The highest BCUT2D eigenvalue weighted by molar-refractivity contribution is 6.12. The van der Waals surface area contributed by atoms with Gasteiger partial charge >= 0.3 is 0 Å². The number of benzene rings is 2. The summed E-state index contributed by atoms with van der Waals surface area (Å²) in [5.74, 6) is 0.0184. The second-order valence-electron chi connectivity index (χ2n) is 7.53. The second-order valence-corrected chi connectivity index (χ2v) is 7.53. The van der Waals surface area contributed by atoms with E-state index in [4.69, 9.17) is 4.74 Å². The average Bonchev–Trinajstić information content (AvgIpc) is 3.31. The number of nitrogens with one attached hydrogen (secondary N) is 1. The van der Waals surface area contributed by atoms with E-state index >= 15 is 0 Å². The molecular formula is C23H21N3O2. The average molecular weight is 371 g/mol. The molecule has 5 heteroatoms. The molecule has 1 aliphatic heterocycles. The first-order chi connectivity index (χ1) is 13.6. The minimum absolute atomic E-state index is 0.0184. The molecule has 0 saturated carbocycles. The molecular weight excluding hydrogens is 350 g/mol. The van der Waals surface area contributed by atoms with Crippen molar-refractivity contribution in [3.05, 3.63) is 83.7 Å². The number of aromatic amines is 1. The lowest BCUT2D eigenvalue weighted by atomic mass is 9.88. The topological polar surface area (TPSA) is 58.2 Å². The summed E-state index contributed by atoms with van der Waals surface area (Å²) < 4.78 is 5.61. The molecule has 2 aliphatic rings. The molecule has 2 unspecified atom stereocenters. The number of fused-ring (bicyclic) bond motifs is 2. The van der Waals surface area contributed by atoms with Crippen LogP contribution in [0, 0.1) is 0 Å². The number of imidazole rings is 1. The fourth-order valence-electron chi connectivity index (χ4n) is 4.06. The van der Waals surface area contributed by atoms with Crippen molar-refractivity contribution in [3.8, 4) is 0 Å². The van der Waals surface area contributed by atoms with Crippen molar-refractivity contribution in [1.82, 2.24) is 9.97 Å². The Hall–Kier alpha value is -3.18. The van der Waals surface area contributed by atoms with Crippen LogP contribution in [-0.2, 0) is 4.74 Å². The molecule has 0 spiro atoms. The summed E-state index contributed by atoms with van der Waals surface area (Å²) in [5.41, 5.74) is 5.24. The van der Waals surface area contributed by atoms with Crippen LogP contribution in [0.4, 0.5) is 5.69 Å². The highest BCUT2D eigenvalue weighted by Gasteiger charge is 2.40. The number of anilines is 1. The highest BCUT2D eigenvalue weighted by atomic mass is 16.5. The van der Waals surface area contributed by atoms with Crippen molar-refractivity contribution in [2.75, 3.05) is 12.0 Å². The largest absolute Gasteiger partial charge is 0.374 e. The third-order valence-electron chi connectivity index (χ3n) is 5.80. The summed E-state index contributed by atoms with van der Waals surface area (Å²) in [6, 6.07) is 13.6. The van der Waals surface area contributed by atoms with Crippen LogP contribution in [0.25, 0.3) is 11.0 Å². The van der Waals surface area contributed by atoms with Crippen molar-refractivity contribution in [2.45, 2.75) is 25.0 Å². The zero-order valence-corrected chi connectivity index (χ0v) is 15.8. The van der Waals surface area contributed by atoms with Crippen LogP contribution < -0.4 is 4.90 Å². The van der Waals surface area contributed by atoms with Gasteiger partial charge in [0, 0.05) is 18.4 Å². The summed E-state index contributed by atoms with van der Waals surface area (Å²) in [5, 5.41) is 0. The Kier molecular flexibility index (Phi) is 3.74. The van der Waals surface area contributed by atoms with Crippen molar-refractivity contribution >= 4 is 22.6 Å². The molecule has 5 nitrogen and oxygen atoms in total. The number of methoxy groups -OCH3 is 1.